The fourth-order valence-corrected chi connectivity index (χ4v) is 4.11. The van der Waals surface area contributed by atoms with Gasteiger partial charge in [0.25, 0.3) is 10.0 Å². The Morgan fingerprint density at radius 2 is 1.75 bits per heavy atom. The average Bonchev–Trinajstić information content (AvgIpc) is 2.74. The number of methoxy groups -OCH3 is 1. The number of hydrogen-bond donors (Lipinski definition) is 0. The fourth-order valence-electron chi connectivity index (χ4n) is 2.59. The maximum atomic E-state index is 14.7. The van der Waals surface area contributed by atoms with E-state index in [-0.39, 0.29) is 20.5 Å². The molecule has 0 fully saturated rings. The zero-order chi connectivity index (χ0) is 17.7. The fraction of sp³-hybridized carbons (Fsp3) is 0.176. The quantitative estimate of drug-likeness (QED) is 0.790. The molecule has 0 atom stereocenters. The van der Waals surface area contributed by atoms with Crippen LogP contribution in [0.1, 0.15) is 11.1 Å². The van der Waals surface area contributed by atoms with E-state index in [1.807, 2.05) is 0 Å². The molecule has 1 aliphatic rings. The van der Waals surface area contributed by atoms with Gasteiger partial charge < -0.3 is 4.74 Å². The Kier molecular flexibility index (Phi) is 3.64. The number of anilines is 1. The van der Waals surface area contributed by atoms with Crippen molar-refractivity contribution >= 4 is 21.3 Å². The van der Waals surface area contributed by atoms with E-state index in [2.05, 4.69) is 6.58 Å². The number of hydrogen-bond acceptors (Lipinski definition) is 3. The summed E-state index contributed by atoms with van der Waals surface area (Å²) in [5.41, 5.74) is 0.185. The first-order chi connectivity index (χ1) is 11.2. The first-order valence-corrected chi connectivity index (χ1v) is 8.51. The molecule has 0 aliphatic carbocycles. The molecule has 0 radical (unpaired) electrons. The van der Waals surface area contributed by atoms with Crippen LogP contribution in [0.15, 0.2) is 53.9 Å². The Morgan fingerprint density at radius 3 is 2.33 bits per heavy atom. The first-order valence-electron chi connectivity index (χ1n) is 7.07. The number of alkyl halides is 2. The lowest BCUT2D eigenvalue weighted by molar-refractivity contribution is 0.0862. The number of benzene rings is 2. The zero-order valence-corrected chi connectivity index (χ0v) is 13.9. The number of sulfonamides is 1. The van der Waals surface area contributed by atoms with Crippen LogP contribution in [0.3, 0.4) is 0 Å². The van der Waals surface area contributed by atoms with E-state index in [1.165, 1.54) is 37.4 Å². The summed E-state index contributed by atoms with van der Waals surface area (Å²) in [5.74, 6) is 0.347. The highest BCUT2D eigenvalue weighted by atomic mass is 32.2. The van der Waals surface area contributed by atoms with Crippen LogP contribution in [0, 0.1) is 6.92 Å². The van der Waals surface area contributed by atoms with Gasteiger partial charge >= 0.3 is 6.05 Å². The molecule has 0 aromatic heterocycles. The zero-order valence-electron chi connectivity index (χ0n) is 13.1. The highest BCUT2D eigenvalue weighted by Gasteiger charge is 2.54. The largest absolute Gasteiger partial charge is 0.497 e. The number of rotatable bonds is 3. The van der Waals surface area contributed by atoms with Crippen LogP contribution in [0.25, 0.3) is 5.57 Å². The van der Waals surface area contributed by atoms with E-state index in [9.17, 15) is 17.2 Å². The molecule has 7 heteroatoms. The molecule has 0 saturated carbocycles. The van der Waals surface area contributed by atoms with Gasteiger partial charge in [-0.2, -0.15) is 13.1 Å². The topological polar surface area (TPSA) is 46.6 Å². The van der Waals surface area contributed by atoms with Crippen LogP contribution < -0.4 is 9.04 Å². The third-order valence-electron chi connectivity index (χ3n) is 3.92. The van der Waals surface area contributed by atoms with E-state index in [0.29, 0.717) is 5.75 Å². The standard InChI is InChI=1S/C17H15F2NO3S/c1-11-4-7-14(8-5-11)24(21,22)20-16-9-6-13(23-3)10-15(16)12(2)17(20,18)19/h4-10H,2H2,1,3H3. The monoisotopic (exact) mass is 351 g/mol. The van der Waals surface area contributed by atoms with Crippen LogP contribution in [0.4, 0.5) is 14.5 Å². The van der Waals surface area contributed by atoms with Crippen LogP contribution >= 0.6 is 0 Å². The molecule has 2 aromatic carbocycles. The molecule has 4 nitrogen and oxygen atoms in total. The van der Waals surface area contributed by atoms with Crippen LogP contribution in [-0.2, 0) is 10.0 Å². The maximum absolute atomic E-state index is 14.7. The molecule has 0 spiro atoms. The SMILES string of the molecule is C=C1c2cc(OC)ccc2N(S(=O)(=O)c2ccc(C)cc2)C1(F)F. The van der Waals surface area contributed by atoms with Crippen molar-refractivity contribution in [1.82, 2.24) is 0 Å². The van der Waals surface area contributed by atoms with Crippen LogP contribution in [0.2, 0.25) is 0 Å². The van der Waals surface area contributed by atoms with Crippen molar-refractivity contribution in [1.29, 1.82) is 0 Å². The van der Waals surface area contributed by atoms with Gasteiger partial charge in [-0.15, -0.1) is 0 Å². The van der Waals surface area contributed by atoms with Gasteiger partial charge in [-0.3, -0.25) is 0 Å². The summed E-state index contributed by atoms with van der Waals surface area (Å²) in [6, 6.07) is 6.08. The lowest BCUT2D eigenvalue weighted by Gasteiger charge is -2.26. The molecular weight excluding hydrogens is 336 g/mol. The van der Waals surface area contributed by atoms with E-state index >= 15 is 0 Å². The number of ether oxygens (including phenoxy) is 1. The normalized spacial score (nSPS) is 16.2. The molecular formula is C17H15F2NO3S. The molecule has 0 saturated heterocycles. The molecule has 0 N–H and O–H groups in total. The Morgan fingerprint density at radius 1 is 1.12 bits per heavy atom. The van der Waals surface area contributed by atoms with Gasteiger partial charge in [-0.25, -0.2) is 8.42 Å². The number of halogens is 2. The first kappa shape index (κ1) is 16.4. The van der Waals surface area contributed by atoms with Crippen molar-refractivity contribution in [2.24, 2.45) is 0 Å². The Hall–Kier alpha value is -2.41. The average molecular weight is 351 g/mol. The van der Waals surface area contributed by atoms with Gasteiger partial charge in [0, 0.05) is 11.1 Å². The highest BCUT2D eigenvalue weighted by molar-refractivity contribution is 7.93. The summed E-state index contributed by atoms with van der Waals surface area (Å²) in [6.07, 6.45) is 0. The molecule has 0 bridgehead atoms. The predicted octanol–water partition coefficient (Wildman–Crippen LogP) is 3.82. The van der Waals surface area contributed by atoms with Crippen molar-refractivity contribution in [3.63, 3.8) is 0 Å². The summed E-state index contributed by atoms with van der Waals surface area (Å²) < 4.78 is 60.1. The molecule has 2 aromatic rings. The molecule has 3 rings (SSSR count). The molecule has 126 valence electrons. The molecule has 0 amide bonds. The Balaban J connectivity index is 2.21. The van der Waals surface area contributed by atoms with Gasteiger partial charge in [0.1, 0.15) is 5.75 Å². The lowest BCUT2D eigenvalue weighted by atomic mass is 10.1. The van der Waals surface area contributed by atoms with E-state index in [4.69, 9.17) is 4.74 Å². The van der Waals surface area contributed by atoms with Crippen LogP contribution in [-0.4, -0.2) is 21.6 Å². The second kappa shape index (κ2) is 5.31. The van der Waals surface area contributed by atoms with Gasteiger partial charge in [0.15, 0.2) is 0 Å². The van der Waals surface area contributed by atoms with Gasteiger partial charge in [-0.05, 0) is 37.3 Å². The van der Waals surface area contributed by atoms with Crippen molar-refractivity contribution in [2.45, 2.75) is 17.9 Å². The summed E-state index contributed by atoms with van der Waals surface area (Å²) in [6.45, 7) is 5.17. The van der Waals surface area contributed by atoms with Gasteiger partial charge in [0.05, 0.1) is 17.7 Å². The predicted molar refractivity (Wildman–Crippen MR) is 87.8 cm³/mol. The second-order valence-corrected chi connectivity index (χ2v) is 7.27. The Labute approximate surface area is 139 Å². The lowest BCUT2D eigenvalue weighted by Crippen LogP contribution is -2.42. The number of aryl methyl sites for hydroxylation is 1. The van der Waals surface area contributed by atoms with Gasteiger partial charge in [0.2, 0.25) is 0 Å². The second-order valence-electron chi connectivity index (χ2n) is 5.49. The third kappa shape index (κ3) is 2.27. The number of nitrogens with zero attached hydrogens (tertiary/aromatic N) is 1. The van der Waals surface area contributed by atoms with Crippen molar-refractivity contribution in [3.8, 4) is 5.75 Å². The third-order valence-corrected chi connectivity index (χ3v) is 5.70. The summed E-state index contributed by atoms with van der Waals surface area (Å²) in [4.78, 5) is -0.204. The minimum atomic E-state index is -4.45. The molecule has 24 heavy (non-hydrogen) atoms. The van der Waals surface area contributed by atoms with Crippen molar-refractivity contribution < 1.29 is 21.9 Å². The van der Waals surface area contributed by atoms with E-state index < -0.39 is 21.6 Å². The van der Waals surface area contributed by atoms with Crippen molar-refractivity contribution in [2.75, 3.05) is 11.4 Å². The molecule has 1 aliphatic heterocycles. The van der Waals surface area contributed by atoms with E-state index in [1.54, 1.807) is 19.1 Å². The van der Waals surface area contributed by atoms with Crippen molar-refractivity contribution in [3.05, 3.63) is 60.2 Å². The Bertz CT molecular complexity index is 921. The summed E-state index contributed by atoms with van der Waals surface area (Å²) >= 11 is 0. The highest BCUT2D eigenvalue weighted by Crippen LogP contribution is 2.51. The summed E-state index contributed by atoms with van der Waals surface area (Å²) in [7, 11) is -3.05. The maximum Gasteiger partial charge on any atom is 0.365 e. The van der Waals surface area contributed by atoms with Crippen LogP contribution in [0.5, 0.6) is 5.75 Å². The van der Waals surface area contributed by atoms with Gasteiger partial charge in [-0.1, -0.05) is 24.3 Å². The summed E-state index contributed by atoms with van der Waals surface area (Å²) in [5, 5.41) is 0. The molecule has 1 heterocycles. The minimum absolute atomic E-state index is 0.0510. The minimum Gasteiger partial charge on any atom is -0.497 e. The smallest absolute Gasteiger partial charge is 0.365 e. The molecule has 0 unspecified atom stereocenters. The number of fused-ring (bicyclic) bond motifs is 1. The van der Waals surface area contributed by atoms with E-state index in [0.717, 1.165) is 5.56 Å².